The third kappa shape index (κ3) is 2.74. The summed E-state index contributed by atoms with van der Waals surface area (Å²) in [6, 6.07) is 14.5. The van der Waals surface area contributed by atoms with Gasteiger partial charge in [-0.05, 0) is 47.2 Å². The first-order valence-electron chi connectivity index (χ1n) is 9.09. The summed E-state index contributed by atoms with van der Waals surface area (Å²) in [5.41, 5.74) is 13.8. The van der Waals surface area contributed by atoms with Gasteiger partial charge in [-0.15, -0.1) is 6.42 Å². The van der Waals surface area contributed by atoms with E-state index in [1.807, 2.05) is 30.1 Å². The molecular weight excluding hydrogens is 330 g/mol. The van der Waals surface area contributed by atoms with E-state index in [4.69, 9.17) is 17.1 Å². The monoisotopic (exact) mass is 353 g/mol. The number of terminal acetylenes is 1. The Morgan fingerprint density at radius 3 is 2.67 bits per heavy atom. The van der Waals surface area contributed by atoms with E-state index in [2.05, 4.69) is 49.8 Å². The molecule has 4 rings (SSSR count). The molecule has 2 aromatic rings. The Morgan fingerprint density at radius 2 is 1.93 bits per heavy atom. The lowest BCUT2D eigenvalue weighted by atomic mass is 9.84. The lowest BCUT2D eigenvalue weighted by Crippen LogP contribution is -2.44. The van der Waals surface area contributed by atoms with E-state index in [1.165, 1.54) is 22.3 Å². The second-order valence-corrected chi connectivity index (χ2v) is 7.46. The minimum atomic E-state index is -0.365. The number of fused-ring (bicyclic) bond motifs is 1. The van der Waals surface area contributed by atoms with Crippen molar-refractivity contribution >= 4 is 12.0 Å². The van der Waals surface area contributed by atoms with Crippen molar-refractivity contribution in [3.8, 4) is 23.5 Å². The Morgan fingerprint density at radius 1 is 1.19 bits per heavy atom. The number of hydrogen-bond donors (Lipinski definition) is 1. The van der Waals surface area contributed by atoms with Crippen molar-refractivity contribution in [2.45, 2.75) is 25.3 Å². The van der Waals surface area contributed by atoms with Crippen molar-refractivity contribution in [2.24, 2.45) is 10.7 Å². The summed E-state index contributed by atoms with van der Waals surface area (Å²) < 4.78 is 0. The zero-order valence-electron chi connectivity index (χ0n) is 15.8. The summed E-state index contributed by atoms with van der Waals surface area (Å²) in [5, 5.41) is 0. The molecule has 0 amide bonds. The molecule has 0 aromatic heterocycles. The minimum absolute atomic E-state index is 0.365. The maximum atomic E-state index is 6.14. The number of benzene rings is 2. The molecule has 1 atom stereocenters. The van der Waals surface area contributed by atoms with Crippen LogP contribution in [0.4, 0.5) is 0 Å². The molecule has 3 nitrogen and oxygen atoms in total. The summed E-state index contributed by atoms with van der Waals surface area (Å²) in [6.07, 6.45) is 9.60. The SMILES string of the molecule is C#Cc1ccccc1-c1cccc2c1CC([C@]1(C)CC(=C)N(C)C(N)=N1)=C2. The fourth-order valence-corrected chi connectivity index (χ4v) is 4.04. The van der Waals surface area contributed by atoms with Gasteiger partial charge in [0.25, 0.3) is 0 Å². The van der Waals surface area contributed by atoms with Crippen LogP contribution in [-0.4, -0.2) is 23.4 Å². The van der Waals surface area contributed by atoms with E-state index in [-0.39, 0.29) is 5.54 Å². The van der Waals surface area contributed by atoms with Crippen LogP contribution in [0.2, 0.25) is 0 Å². The van der Waals surface area contributed by atoms with Crippen LogP contribution in [0.15, 0.2) is 65.3 Å². The van der Waals surface area contributed by atoms with Gasteiger partial charge in [-0.2, -0.15) is 0 Å². The number of nitrogens with zero attached hydrogens (tertiary/aromatic N) is 2. The molecule has 1 aliphatic carbocycles. The second kappa shape index (κ2) is 6.17. The summed E-state index contributed by atoms with van der Waals surface area (Å²) in [5.74, 6) is 3.33. The van der Waals surface area contributed by atoms with E-state index in [1.54, 1.807) is 0 Å². The molecule has 0 unspecified atom stereocenters. The lowest BCUT2D eigenvalue weighted by molar-refractivity contribution is 0.433. The Labute approximate surface area is 160 Å². The molecule has 0 saturated carbocycles. The summed E-state index contributed by atoms with van der Waals surface area (Å²) in [6.45, 7) is 6.31. The highest BCUT2D eigenvalue weighted by atomic mass is 15.3. The number of hydrogen-bond acceptors (Lipinski definition) is 3. The van der Waals surface area contributed by atoms with Gasteiger partial charge in [0.15, 0.2) is 5.96 Å². The van der Waals surface area contributed by atoms with Crippen molar-refractivity contribution in [2.75, 3.05) is 7.05 Å². The fraction of sp³-hybridized carbons (Fsp3) is 0.208. The average molecular weight is 353 g/mol. The minimum Gasteiger partial charge on any atom is -0.370 e. The Balaban J connectivity index is 1.77. The zero-order valence-corrected chi connectivity index (χ0v) is 15.8. The van der Waals surface area contributed by atoms with Crippen molar-refractivity contribution in [1.29, 1.82) is 0 Å². The van der Waals surface area contributed by atoms with E-state index < -0.39 is 0 Å². The molecule has 1 aliphatic heterocycles. The van der Waals surface area contributed by atoms with Gasteiger partial charge < -0.3 is 10.6 Å². The number of aliphatic imine (C=N–C) groups is 1. The van der Waals surface area contributed by atoms with Gasteiger partial charge in [-0.25, -0.2) is 4.99 Å². The first-order valence-corrected chi connectivity index (χ1v) is 9.09. The van der Waals surface area contributed by atoms with Crippen molar-refractivity contribution < 1.29 is 0 Å². The summed E-state index contributed by atoms with van der Waals surface area (Å²) in [4.78, 5) is 6.67. The quantitative estimate of drug-likeness (QED) is 0.822. The van der Waals surface area contributed by atoms with Crippen molar-refractivity contribution in [3.05, 3.63) is 77.0 Å². The van der Waals surface area contributed by atoms with Gasteiger partial charge in [-0.3, -0.25) is 0 Å². The van der Waals surface area contributed by atoms with Gasteiger partial charge in [0, 0.05) is 24.7 Å². The summed E-state index contributed by atoms with van der Waals surface area (Å²) >= 11 is 0. The largest absolute Gasteiger partial charge is 0.370 e. The van der Waals surface area contributed by atoms with Crippen LogP contribution >= 0.6 is 0 Å². The van der Waals surface area contributed by atoms with Crippen LogP contribution in [0, 0.1) is 12.3 Å². The maximum absolute atomic E-state index is 6.14. The van der Waals surface area contributed by atoms with E-state index in [0.29, 0.717) is 5.96 Å². The first-order chi connectivity index (χ1) is 12.9. The zero-order chi connectivity index (χ0) is 19.2. The number of guanidine groups is 1. The number of rotatable bonds is 2. The molecule has 2 N–H and O–H groups in total. The van der Waals surface area contributed by atoms with E-state index in [0.717, 1.165) is 29.7 Å². The van der Waals surface area contributed by atoms with Crippen LogP contribution in [-0.2, 0) is 6.42 Å². The molecule has 27 heavy (non-hydrogen) atoms. The van der Waals surface area contributed by atoms with Crippen LogP contribution in [0.25, 0.3) is 17.2 Å². The van der Waals surface area contributed by atoms with Gasteiger partial charge >= 0.3 is 0 Å². The van der Waals surface area contributed by atoms with Gasteiger partial charge in [-0.1, -0.05) is 55.0 Å². The molecule has 2 aromatic carbocycles. The molecular formula is C24H23N3. The molecule has 3 heteroatoms. The molecule has 1 heterocycles. The smallest absolute Gasteiger partial charge is 0.196 e. The Bertz CT molecular complexity index is 1050. The normalized spacial score (nSPS) is 21.4. The van der Waals surface area contributed by atoms with Crippen LogP contribution in [0.3, 0.4) is 0 Å². The Kier molecular flexibility index (Phi) is 3.93. The van der Waals surface area contributed by atoms with Gasteiger partial charge in [0.2, 0.25) is 0 Å². The van der Waals surface area contributed by atoms with E-state index >= 15 is 0 Å². The third-order valence-corrected chi connectivity index (χ3v) is 5.70. The van der Waals surface area contributed by atoms with Gasteiger partial charge in [0.1, 0.15) is 0 Å². The average Bonchev–Trinajstić information content (AvgIpc) is 3.11. The topological polar surface area (TPSA) is 41.6 Å². The molecule has 2 aliphatic rings. The molecule has 0 fully saturated rings. The highest BCUT2D eigenvalue weighted by molar-refractivity contribution is 5.84. The predicted octanol–water partition coefficient (Wildman–Crippen LogP) is 4.20. The molecule has 134 valence electrons. The van der Waals surface area contributed by atoms with Gasteiger partial charge in [0.05, 0.1) is 5.54 Å². The van der Waals surface area contributed by atoms with Crippen LogP contribution < -0.4 is 5.73 Å². The van der Waals surface area contributed by atoms with Crippen molar-refractivity contribution in [3.63, 3.8) is 0 Å². The second-order valence-electron chi connectivity index (χ2n) is 7.46. The van der Waals surface area contributed by atoms with Crippen LogP contribution in [0.5, 0.6) is 0 Å². The van der Waals surface area contributed by atoms with Crippen molar-refractivity contribution in [1.82, 2.24) is 4.90 Å². The fourth-order valence-electron chi connectivity index (χ4n) is 4.04. The predicted molar refractivity (Wildman–Crippen MR) is 113 cm³/mol. The lowest BCUT2D eigenvalue weighted by Gasteiger charge is -2.37. The highest BCUT2D eigenvalue weighted by Crippen LogP contribution is 2.42. The molecule has 0 saturated heterocycles. The third-order valence-electron chi connectivity index (χ3n) is 5.70. The standard InChI is InChI=1S/C24H23N3/c1-5-17-9-6-7-11-20(17)21-12-8-10-18-13-19(14-22(18)21)24(3)15-16(2)27(4)23(25)26-24/h1,6-13H,2,14-15H2,3-4H3,(H2,25,26)/t24-/m0/s1. The van der Waals surface area contributed by atoms with E-state index in [9.17, 15) is 0 Å². The van der Waals surface area contributed by atoms with Crippen LogP contribution in [0.1, 0.15) is 30.0 Å². The maximum Gasteiger partial charge on any atom is 0.196 e. The molecule has 0 bridgehead atoms. The first kappa shape index (κ1) is 17.2. The molecule has 0 spiro atoms. The molecule has 0 radical (unpaired) electrons. The highest BCUT2D eigenvalue weighted by Gasteiger charge is 2.37. The summed E-state index contributed by atoms with van der Waals surface area (Å²) in [7, 11) is 1.91. The Hall–Kier alpha value is -3.25. The number of nitrogens with two attached hydrogens (primary N) is 1.